The number of hydrogen-bond acceptors (Lipinski definition) is 8. The maximum atomic E-state index is 5.47. The van der Waals surface area contributed by atoms with Crippen molar-refractivity contribution >= 4 is 17.8 Å². The Hall–Kier alpha value is -1.67. The molecular weight excluding hydrogens is 258 g/mol. The molecule has 1 saturated heterocycles. The summed E-state index contributed by atoms with van der Waals surface area (Å²) in [5.74, 6) is 7.18. The average Bonchev–Trinajstić information content (AvgIpc) is 2.53. The van der Waals surface area contributed by atoms with Gasteiger partial charge >= 0.3 is 0 Å². The fourth-order valence-corrected chi connectivity index (χ4v) is 2.13. The standard InChI is InChI=1S/C12H23N7O/c1-3-5-18(4-2)11-14-10(17-13)15-12(16-11)19-6-8-20-9-7-19/h3-9,13H2,1-2H3,(H,14,15,16,17). The van der Waals surface area contributed by atoms with E-state index in [0.29, 0.717) is 31.1 Å². The van der Waals surface area contributed by atoms with E-state index in [-0.39, 0.29) is 0 Å². The summed E-state index contributed by atoms with van der Waals surface area (Å²) in [6.07, 6.45) is 1.04. The Labute approximate surface area is 119 Å². The second-order valence-electron chi connectivity index (χ2n) is 4.58. The largest absolute Gasteiger partial charge is 0.378 e. The van der Waals surface area contributed by atoms with E-state index in [1.54, 1.807) is 0 Å². The highest BCUT2D eigenvalue weighted by molar-refractivity contribution is 5.45. The van der Waals surface area contributed by atoms with Gasteiger partial charge in [-0.15, -0.1) is 0 Å². The van der Waals surface area contributed by atoms with Gasteiger partial charge in [-0.3, -0.25) is 5.43 Å². The second kappa shape index (κ2) is 7.20. The summed E-state index contributed by atoms with van der Waals surface area (Å²) < 4.78 is 5.35. The number of ether oxygens (including phenoxy) is 1. The molecule has 0 radical (unpaired) electrons. The zero-order chi connectivity index (χ0) is 14.4. The second-order valence-corrected chi connectivity index (χ2v) is 4.58. The van der Waals surface area contributed by atoms with Gasteiger partial charge in [0.25, 0.3) is 0 Å². The molecule has 0 amide bonds. The van der Waals surface area contributed by atoms with Gasteiger partial charge in [-0.25, -0.2) is 5.84 Å². The van der Waals surface area contributed by atoms with Crippen molar-refractivity contribution in [1.82, 2.24) is 15.0 Å². The number of nitrogens with two attached hydrogens (primary N) is 1. The predicted octanol–water partition coefficient (Wildman–Crippen LogP) is 0.230. The molecule has 0 atom stereocenters. The highest BCUT2D eigenvalue weighted by atomic mass is 16.5. The smallest absolute Gasteiger partial charge is 0.243 e. The Bertz CT molecular complexity index is 399. The molecule has 0 aliphatic carbocycles. The summed E-state index contributed by atoms with van der Waals surface area (Å²) in [4.78, 5) is 17.5. The molecule has 1 aromatic rings. The molecule has 1 aliphatic rings. The van der Waals surface area contributed by atoms with Crippen molar-refractivity contribution in [1.29, 1.82) is 0 Å². The molecule has 1 aromatic heterocycles. The number of aromatic nitrogens is 3. The minimum absolute atomic E-state index is 0.394. The number of morpholine rings is 1. The Balaban J connectivity index is 2.27. The Kier molecular flexibility index (Phi) is 5.31. The summed E-state index contributed by atoms with van der Waals surface area (Å²) in [6.45, 7) is 8.94. The van der Waals surface area contributed by atoms with Crippen LogP contribution in [0.2, 0.25) is 0 Å². The molecule has 112 valence electrons. The van der Waals surface area contributed by atoms with Crippen molar-refractivity contribution in [3.8, 4) is 0 Å². The lowest BCUT2D eigenvalue weighted by Crippen LogP contribution is -2.38. The van der Waals surface area contributed by atoms with Gasteiger partial charge in [-0.1, -0.05) is 6.92 Å². The normalized spacial score (nSPS) is 15.2. The molecule has 0 unspecified atom stereocenters. The van der Waals surface area contributed by atoms with Gasteiger partial charge in [0.15, 0.2) is 0 Å². The van der Waals surface area contributed by atoms with E-state index in [0.717, 1.165) is 32.6 Å². The van der Waals surface area contributed by atoms with Gasteiger partial charge in [-0.05, 0) is 13.3 Å². The Morgan fingerprint density at radius 2 is 2.00 bits per heavy atom. The zero-order valence-corrected chi connectivity index (χ0v) is 12.2. The van der Waals surface area contributed by atoms with Gasteiger partial charge in [0.05, 0.1) is 13.2 Å². The van der Waals surface area contributed by atoms with Crippen LogP contribution in [0.15, 0.2) is 0 Å². The van der Waals surface area contributed by atoms with Crippen molar-refractivity contribution in [2.75, 3.05) is 54.6 Å². The first-order valence-electron chi connectivity index (χ1n) is 7.08. The van der Waals surface area contributed by atoms with Crippen LogP contribution in [0, 0.1) is 0 Å². The molecular formula is C12H23N7O. The molecule has 8 heteroatoms. The summed E-state index contributed by atoms with van der Waals surface area (Å²) in [6, 6.07) is 0. The molecule has 1 fully saturated rings. The van der Waals surface area contributed by atoms with Crippen LogP contribution >= 0.6 is 0 Å². The number of rotatable bonds is 6. The third kappa shape index (κ3) is 3.45. The minimum Gasteiger partial charge on any atom is -0.378 e. The van der Waals surface area contributed by atoms with E-state index in [2.05, 4.69) is 44.0 Å². The van der Waals surface area contributed by atoms with Gasteiger partial charge in [0.1, 0.15) is 0 Å². The SMILES string of the molecule is CCCN(CC)c1nc(NN)nc(N2CCOCC2)n1. The molecule has 0 aromatic carbocycles. The molecule has 20 heavy (non-hydrogen) atoms. The van der Waals surface area contributed by atoms with Crippen LogP contribution in [0.25, 0.3) is 0 Å². The average molecular weight is 281 g/mol. The van der Waals surface area contributed by atoms with Gasteiger partial charge in [0, 0.05) is 26.2 Å². The van der Waals surface area contributed by atoms with E-state index in [1.807, 2.05) is 0 Å². The summed E-state index contributed by atoms with van der Waals surface area (Å²) in [5.41, 5.74) is 2.52. The van der Waals surface area contributed by atoms with Gasteiger partial charge in [0.2, 0.25) is 17.8 Å². The van der Waals surface area contributed by atoms with Crippen molar-refractivity contribution in [3.05, 3.63) is 0 Å². The third-order valence-corrected chi connectivity index (χ3v) is 3.19. The molecule has 0 saturated carbocycles. The topological polar surface area (TPSA) is 92.4 Å². The van der Waals surface area contributed by atoms with Crippen LogP contribution in [-0.4, -0.2) is 54.3 Å². The van der Waals surface area contributed by atoms with Crippen molar-refractivity contribution in [2.45, 2.75) is 20.3 Å². The summed E-state index contributed by atoms with van der Waals surface area (Å²) in [7, 11) is 0. The highest BCUT2D eigenvalue weighted by Crippen LogP contribution is 2.17. The molecule has 2 rings (SSSR count). The monoisotopic (exact) mass is 281 g/mol. The number of nitrogen functional groups attached to an aromatic ring is 1. The maximum Gasteiger partial charge on any atom is 0.243 e. The lowest BCUT2D eigenvalue weighted by Gasteiger charge is -2.28. The van der Waals surface area contributed by atoms with Crippen LogP contribution in [-0.2, 0) is 4.74 Å². The van der Waals surface area contributed by atoms with E-state index >= 15 is 0 Å². The van der Waals surface area contributed by atoms with E-state index in [4.69, 9.17) is 10.6 Å². The molecule has 0 bridgehead atoms. The molecule has 2 heterocycles. The molecule has 3 N–H and O–H groups in total. The fourth-order valence-electron chi connectivity index (χ4n) is 2.13. The van der Waals surface area contributed by atoms with Gasteiger partial charge < -0.3 is 14.5 Å². The quantitative estimate of drug-likeness (QED) is 0.565. The van der Waals surface area contributed by atoms with Crippen LogP contribution in [0.5, 0.6) is 0 Å². The van der Waals surface area contributed by atoms with Crippen LogP contribution in [0.3, 0.4) is 0 Å². The lowest BCUT2D eigenvalue weighted by molar-refractivity contribution is 0.122. The fraction of sp³-hybridized carbons (Fsp3) is 0.750. The lowest BCUT2D eigenvalue weighted by atomic mass is 10.4. The van der Waals surface area contributed by atoms with E-state index in [9.17, 15) is 0 Å². The number of anilines is 3. The minimum atomic E-state index is 0.394. The van der Waals surface area contributed by atoms with Crippen molar-refractivity contribution < 1.29 is 4.74 Å². The molecule has 0 spiro atoms. The van der Waals surface area contributed by atoms with E-state index in [1.165, 1.54) is 0 Å². The first-order chi connectivity index (χ1) is 9.78. The summed E-state index contributed by atoms with van der Waals surface area (Å²) in [5, 5.41) is 0. The maximum absolute atomic E-state index is 5.47. The number of nitrogens with one attached hydrogen (secondary N) is 1. The van der Waals surface area contributed by atoms with Crippen LogP contribution < -0.4 is 21.1 Å². The third-order valence-electron chi connectivity index (χ3n) is 3.19. The Morgan fingerprint density at radius 3 is 2.60 bits per heavy atom. The first-order valence-corrected chi connectivity index (χ1v) is 7.08. The van der Waals surface area contributed by atoms with Crippen LogP contribution in [0.4, 0.5) is 17.8 Å². The molecule has 1 aliphatic heterocycles. The zero-order valence-electron chi connectivity index (χ0n) is 12.2. The van der Waals surface area contributed by atoms with E-state index < -0.39 is 0 Å². The van der Waals surface area contributed by atoms with Gasteiger partial charge in [-0.2, -0.15) is 15.0 Å². The predicted molar refractivity (Wildman–Crippen MR) is 78.8 cm³/mol. The first kappa shape index (κ1) is 14.7. The number of hydrogen-bond donors (Lipinski definition) is 2. The number of nitrogens with zero attached hydrogens (tertiary/aromatic N) is 5. The van der Waals surface area contributed by atoms with Crippen LogP contribution in [0.1, 0.15) is 20.3 Å². The van der Waals surface area contributed by atoms with Crippen molar-refractivity contribution in [2.24, 2.45) is 5.84 Å². The molecule has 8 nitrogen and oxygen atoms in total. The summed E-state index contributed by atoms with van der Waals surface area (Å²) >= 11 is 0. The van der Waals surface area contributed by atoms with Crippen molar-refractivity contribution in [3.63, 3.8) is 0 Å². The number of hydrazine groups is 1. The highest BCUT2D eigenvalue weighted by Gasteiger charge is 2.18. The Morgan fingerprint density at radius 1 is 1.25 bits per heavy atom.